The Morgan fingerprint density at radius 1 is 1.07 bits per heavy atom. The summed E-state index contributed by atoms with van der Waals surface area (Å²) in [5.74, 6) is 0.841. The average molecular weight is 415 g/mol. The van der Waals surface area contributed by atoms with E-state index in [0.717, 1.165) is 0 Å². The Labute approximate surface area is 172 Å². The van der Waals surface area contributed by atoms with E-state index in [1.165, 1.54) is 11.8 Å². The number of benzene rings is 2. The summed E-state index contributed by atoms with van der Waals surface area (Å²) in [6.07, 6.45) is -0.552. The standard InChI is InChI=1S/C20H21N3O5S/c1-12-20(26)23-16-9-14(5-8-17(16)28-12)22-19(25)11-29-10-18(24)21-13-3-6-15(27-2)7-4-13/h3-9,12H,10-11H2,1-2H3,(H,21,24)(H,22,25)(H,23,26)/t12-/m0/s1. The topological polar surface area (TPSA) is 106 Å². The van der Waals surface area contributed by atoms with Crippen molar-refractivity contribution in [1.29, 1.82) is 0 Å². The van der Waals surface area contributed by atoms with E-state index >= 15 is 0 Å². The molecule has 3 amide bonds. The molecule has 0 radical (unpaired) electrons. The third-order valence-electron chi connectivity index (χ3n) is 4.03. The maximum Gasteiger partial charge on any atom is 0.265 e. The molecule has 1 atom stereocenters. The van der Waals surface area contributed by atoms with Gasteiger partial charge in [-0.3, -0.25) is 14.4 Å². The van der Waals surface area contributed by atoms with Crippen molar-refractivity contribution in [3.05, 3.63) is 42.5 Å². The van der Waals surface area contributed by atoms with Gasteiger partial charge in [0.25, 0.3) is 5.91 Å². The van der Waals surface area contributed by atoms with Gasteiger partial charge in [0.2, 0.25) is 11.8 Å². The molecule has 1 heterocycles. The predicted molar refractivity (Wildman–Crippen MR) is 113 cm³/mol. The maximum atomic E-state index is 12.1. The average Bonchev–Trinajstić information content (AvgIpc) is 2.69. The van der Waals surface area contributed by atoms with E-state index in [4.69, 9.17) is 9.47 Å². The first-order valence-electron chi connectivity index (χ1n) is 8.87. The fourth-order valence-corrected chi connectivity index (χ4v) is 3.21. The van der Waals surface area contributed by atoms with Crippen LogP contribution in [0.2, 0.25) is 0 Å². The monoisotopic (exact) mass is 415 g/mol. The van der Waals surface area contributed by atoms with Crippen molar-refractivity contribution in [1.82, 2.24) is 0 Å². The Morgan fingerprint density at radius 2 is 1.69 bits per heavy atom. The molecule has 2 aromatic rings. The zero-order chi connectivity index (χ0) is 20.8. The summed E-state index contributed by atoms with van der Waals surface area (Å²) in [4.78, 5) is 35.8. The third-order valence-corrected chi connectivity index (χ3v) is 4.97. The summed E-state index contributed by atoms with van der Waals surface area (Å²) < 4.78 is 10.5. The van der Waals surface area contributed by atoms with Gasteiger partial charge >= 0.3 is 0 Å². The van der Waals surface area contributed by atoms with Crippen molar-refractivity contribution in [2.75, 3.05) is 34.6 Å². The molecular formula is C20H21N3O5S. The molecule has 0 aromatic heterocycles. The van der Waals surface area contributed by atoms with E-state index in [2.05, 4.69) is 16.0 Å². The highest BCUT2D eigenvalue weighted by atomic mass is 32.2. The van der Waals surface area contributed by atoms with Crippen LogP contribution in [0.25, 0.3) is 0 Å². The SMILES string of the molecule is COc1ccc(NC(=O)CSCC(=O)Nc2ccc3c(c2)NC(=O)[C@H](C)O3)cc1. The summed E-state index contributed by atoms with van der Waals surface area (Å²) in [7, 11) is 1.57. The number of anilines is 3. The van der Waals surface area contributed by atoms with Gasteiger partial charge in [0, 0.05) is 11.4 Å². The molecule has 2 aromatic carbocycles. The number of ether oxygens (including phenoxy) is 2. The molecule has 0 unspecified atom stereocenters. The van der Waals surface area contributed by atoms with Gasteiger partial charge in [-0.1, -0.05) is 0 Å². The quantitative estimate of drug-likeness (QED) is 0.642. The molecule has 0 aliphatic carbocycles. The predicted octanol–water partition coefficient (Wildman–Crippen LogP) is 2.73. The van der Waals surface area contributed by atoms with Crippen LogP contribution in [-0.2, 0) is 14.4 Å². The second-order valence-electron chi connectivity index (χ2n) is 6.28. The molecule has 8 nitrogen and oxygen atoms in total. The molecular weight excluding hydrogens is 394 g/mol. The molecule has 1 aliphatic heterocycles. The van der Waals surface area contributed by atoms with Crippen LogP contribution >= 0.6 is 11.8 Å². The van der Waals surface area contributed by atoms with Crippen molar-refractivity contribution in [2.24, 2.45) is 0 Å². The highest BCUT2D eigenvalue weighted by Crippen LogP contribution is 2.32. The minimum atomic E-state index is -0.552. The van der Waals surface area contributed by atoms with Crippen LogP contribution in [-0.4, -0.2) is 42.4 Å². The number of hydrogen-bond donors (Lipinski definition) is 3. The Bertz CT molecular complexity index is 917. The lowest BCUT2D eigenvalue weighted by Gasteiger charge is -2.23. The summed E-state index contributed by atoms with van der Waals surface area (Å²) >= 11 is 1.20. The zero-order valence-corrected chi connectivity index (χ0v) is 16.8. The van der Waals surface area contributed by atoms with Gasteiger partial charge in [0.15, 0.2) is 6.10 Å². The van der Waals surface area contributed by atoms with Crippen molar-refractivity contribution in [3.63, 3.8) is 0 Å². The number of carbonyl (C=O) groups is 3. The maximum absolute atomic E-state index is 12.1. The third kappa shape index (κ3) is 5.64. The van der Waals surface area contributed by atoms with Crippen molar-refractivity contribution in [3.8, 4) is 11.5 Å². The van der Waals surface area contributed by atoms with Gasteiger partial charge in [-0.15, -0.1) is 11.8 Å². The Hall–Kier alpha value is -3.20. The summed E-state index contributed by atoms with van der Waals surface area (Å²) in [5, 5.41) is 8.23. The lowest BCUT2D eigenvalue weighted by atomic mass is 10.2. The molecule has 0 saturated heterocycles. The smallest absolute Gasteiger partial charge is 0.265 e. The van der Waals surface area contributed by atoms with E-state index in [1.54, 1.807) is 56.5 Å². The van der Waals surface area contributed by atoms with Crippen LogP contribution in [0.1, 0.15) is 6.92 Å². The number of carbonyl (C=O) groups excluding carboxylic acids is 3. The van der Waals surface area contributed by atoms with Crippen molar-refractivity contribution < 1.29 is 23.9 Å². The lowest BCUT2D eigenvalue weighted by Crippen LogP contribution is -2.34. The van der Waals surface area contributed by atoms with Gasteiger partial charge in [0.05, 0.1) is 24.3 Å². The molecule has 0 fully saturated rings. The molecule has 0 bridgehead atoms. The number of nitrogens with one attached hydrogen (secondary N) is 3. The minimum Gasteiger partial charge on any atom is -0.497 e. The molecule has 29 heavy (non-hydrogen) atoms. The zero-order valence-electron chi connectivity index (χ0n) is 16.0. The van der Waals surface area contributed by atoms with Crippen LogP contribution in [0.3, 0.4) is 0 Å². The van der Waals surface area contributed by atoms with Crippen LogP contribution in [0.15, 0.2) is 42.5 Å². The van der Waals surface area contributed by atoms with Crippen LogP contribution in [0.4, 0.5) is 17.1 Å². The number of amides is 3. The number of fused-ring (bicyclic) bond motifs is 1. The second kappa shape index (κ2) is 9.33. The number of hydrogen-bond acceptors (Lipinski definition) is 6. The minimum absolute atomic E-state index is 0.118. The first kappa shape index (κ1) is 20.5. The Balaban J connectivity index is 1.43. The number of methoxy groups -OCH3 is 1. The molecule has 9 heteroatoms. The van der Waals surface area contributed by atoms with Gasteiger partial charge in [0.1, 0.15) is 11.5 Å². The van der Waals surface area contributed by atoms with E-state index in [1.807, 2.05) is 0 Å². The lowest BCUT2D eigenvalue weighted by molar-refractivity contribution is -0.122. The molecule has 3 N–H and O–H groups in total. The van der Waals surface area contributed by atoms with Crippen molar-refractivity contribution >= 4 is 46.5 Å². The molecule has 1 aliphatic rings. The highest BCUT2D eigenvalue weighted by molar-refractivity contribution is 8.00. The Kier molecular flexibility index (Phi) is 6.61. The summed E-state index contributed by atoms with van der Waals surface area (Å²) in [6.45, 7) is 1.66. The summed E-state index contributed by atoms with van der Waals surface area (Å²) in [5.41, 5.74) is 1.71. The second-order valence-corrected chi connectivity index (χ2v) is 7.26. The van der Waals surface area contributed by atoms with Gasteiger partial charge < -0.3 is 25.4 Å². The van der Waals surface area contributed by atoms with E-state index < -0.39 is 6.10 Å². The molecule has 0 saturated carbocycles. The van der Waals surface area contributed by atoms with Gasteiger partial charge in [-0.25, -0.2) is 0 Å². The Morgan fingerprint density at radius 3 is 2.34 bits per heavy atom. The van der Waals surface area contributed by atoms with E-state index in [-0.39, 0.29) is 29.2 Å². The fourth-order valence-electron chi connectivity index (χ4n) is 2.59. The highest BCUT2D eigenvalue weighted by Gasteiger charge is 2.23. The fraction of sp³-hybridized carbons (Fsp3) is 0.250. The molecule has 0 spiro atoms. The van der Waals surface area contributed by atoms with E-state index in [0.29, 0.717) is 28.6 Å². The number of thioether (sulfide) groups is 1. The first-order valence-corrected chi connectivity index (χ1v) is 10.0. The van der Waals surface area contributed by atoms with Crippen LogP contribution in [0.5, 0.6) is 11.5 Å². The largest absolute Gasteiger partial charge is 0.497 e. The van der Waals surface area contributed by atoms with Crippen LogP contribution < -0.4 is 25.4 Å². The van der Waals surface area contributed by atoms with Gasteiger partial charge in [-0.05, 0) is 49.4 Å². The number of rotatable bonds is 7. The van der Waals surface area contributed by atoms with E-state index in [9.17, 15) is 14.4 Å². The van der Waals surface area contributed by atoms with Gasteiger partial charge in [-0.2, -0.15) is 0 Å². The normalized spacial score (nSPS) is 14.8. The van der Waals surface area contributed by atoms with Crippen molar-refractivity contribution in [2.45, 2.75) is 13.0 Å². The van der Waals surface area contributed by atoms with Crippen LogP contribution in [0, 0.1) is 0 Å². The molecule has 152 valence electrons. The first-order chi connectivity index (χ1) is 13.9. The molecule has 3 rings (SSSR count). The summed E-state index contributed by atoms with van der Waals surface area (Å²) in [6, 6.07) is 12.0.